The molecule has 1 unspecified atom stereocenters. The second kappa shape index (κ2) is 11.4. The second-order valence-electron chi connectivity index (χ2n) is 6.86. The highest BCUT2D eigenvalue weighted by atomic mass is 16.8. The van der Waals surface area contributed by atoms with E-state index in [1.165, 1.54) is 27.7 Å². The molecule has 0 aromatic heterocycles. The van der Waals surface area contributed by atoms with Crippen LogP contribution in [0, 0.1) is 0 Å². The molecule has 1 aromatic rings. The first kappa shape index (κ1) is 24.3. The van der Waals surface area contributed by atoms with Crippen LogP contribution in [0.15, 0.2) is 30.3 Å². The first-order valence-electron chi connectivity index (χ1n) is 9.63. The number of hydrogen-bond acceptors (Lipinski definition) is 10. The van der Waals surface area contributed by atoms with Crippen LogP contribution in [0.5, 0.6) is 0 Å². The normalized spacial score (nSPS) is 23.5. The van der Waals surface area contributed by atoms with Crippen LogP contribution < -0.4 is 0 Å². The van der Waals surface area contributed by atoms with E-state index in [1.807, 2.05) is 30.3 Å². The molecule has 2 rings (SSSR count). The van der Waals surface area contributed by atoms with E-state index < -0.39 is 54.6 Å². The lowest BCUT2D eigenvalue weighted by Crippen LogP contribution is -2.46. The number of carbonyl (C=O) groups is 4. The zero-order valence-corrected chi connectivity index (χ0v) is 17.8. The van der Waals surface area contributed by atoms with Gasteiger partial charge in [-0.25, -0.2) is 0 Å². The Hall–Kier alpha value is -2.98. The van der Waals surface area contributed by atoms with E-state index >= 15 is 0 Å². The van der Waals surface area contributed by atoms with E-state index in [9.17, 15) is 19.2 Å². The molecular formula is C21H26O10. The second-order valence-corrected chi connectivity index (χ2v) is 6.86. The molecule has 10 heteroatoms. The van der Waals surface area contributed by atoms with Crippen molar-refractivity contribution in [3.63, 3.8) is 0 Å². The van der Waals surface area contributed by atoms with Crippen LogP contribution in [-0.4, -0.2) is 61.2 Å². The summed E-state index contributed by atoms with van der Waals surface area (Å²) in [6.07, 6.45) is -5.58. The lowest BCUT2D eigenvalue weighted by atomic mass is 10.1. The van der Waals surface area contributed by atoms with E-state index in [-0.39, 0.29) is 13.2 Å². The fourth-order valence-electron chi connectivity index (χ4n) is 3.09. The summed E-state index contributed by atoms with van der Waals surface area (Å²) in [6.45, 7) is 4.52. The van der Waals surface area contributed by atoms with Gasteiger partial charge in [0, 0.05) is 27.7 Å². The number of esters is 4. The molecule has 10 nitrogen and oxygen atoms in total. The van der Waals surface area contributed by atoms with E-state index in [0.29, 0.717) is 0 Å². The lowest BCUT2D eigenvalue weighted by Gasteiger charge is -2.28. The average Bonchev–Trinajstić information content (AvgIpc) is 2.99. The molecule has 1 aromatic carbocycles. The van der Waals surface area contributed by atoms with Crippen molar-refractivity contribution in [3.05, 3.63) is 35.9 Å². The first-order valence-corrected chi connectivity index (χ1v) is 9.63. The van der Waals surface area contributed by atoms with Gasteiger partial charge in [-0.1, -0.05) is 30.3 Å². The monoisotopic (exact) mass is 438 g/mol. The molecular weight excluding hydrogens is 412 g/mol. The van der Waals surface area contributed by atoms with Crippen LogP contribution in [-0.2, 0) is 54.2 Å². The van der Waals surface area contributed by atoms with Crippen molar-refractivity contribution in [2.45, 2.75) is 65.0 Å². The van der Waals surface area contributed by atoms with Crippen LogP contribution in [0.2, 0.25) is 0 Å². The molecule has 1 heterocycles. The largest absolute Gasteiger partial charge is 0.462 e. The number of carbonyl (C=O) groups excluding carboxylic acids is 4. The van der Waals surface area contributed by atoms with Crippen molar-refractivity contribution in [3.8, 4) is 0 Å². The Kier molecular flexibility index (Phi) is 8.95. The summed E-state index contributed by atoms with van der Waals surface area (Å²) in [5.74, 6) is -2.56. The maximum absolute atomic E-state index is 11.7. The van der Waals surface area contributed by atoms with Gasteiger partial charge < -0.3 is 28.4 Å². The third-order valence-corrected chi connectivity index (χ3v) is 4.21. The summed E-state index contributed by atoms with van der Waals surface area (Å²) >= 11 is 0. The molecule has 170 valence electrons. The molecule has 0 bridgehead atoms. The highest BCUT2D eigenvalue weighted by Crippen LogP contribution is 2.32. The Labute approximate surface area is 179 Å². The van der Waals surface area contributed by atoms with Gasteiger partial charge in [-0.05, 0) is 5.56 Å². The minimum Gasteiger partial charge on any atom is -0.462 e. The Morgan fingerprint density at radius 3 is 2.06 bits per heavy atom. The SMILES string of the molecule is CC(=O)OC[C@@H](OC(C)=O)[C@@H]1OC(OC(C)=O)[C@H](OC(C)=O)[C@H]1OCc1ccccc1. The summed E-state index contributed by atoms with van der Waals surface area (Å²) in [4.78, 5) is 46.2. The van der Waals surface area contributed by atoms with Gasteiger partial charge in [0.2, 0.25) is 6.29 Å². The minimum atomic E-state index is -1.30. The standard InChI is InChI=1S/C21H26O10/c1-12(22)26-11-17(28-13(2)23)18-19(27-10-16-8-6-5-7-9-16)20(29-14(3)24)21(31-18)30-15(4)25/h5-9,17-21H,10-11H2,1-4H3/t17-,18+,19+,20-,21?/m1/s1. The topological polar surface area (TPSA) is 124 Å². The van der Waals surface area contributed by atoms with Crippen LogP contribution in [0.1, 0.15) is 33.3 Å². The molecule has 0 saturated carbocycles. The number of hydrogen-bond donors (Lipinski definition) is 0. The molecule has 0 N–H and O–H groups in total. The highest BCUT2D eigenvalue weighted by Gasteiger charge is 2.53. The summed E-state index contributed by atoms with van der Waals surface area (Å²) in [6, 6.07) is 9.16. The molecule has 0 radical (unpaired) electrons. The van der Waals surface area contributed by atoms with Crippen molar-refractivity contribution >= 4 is 23.9 Å². The smallest absolute Gasteiger partial charge is 0.305 e. The number of rotatable bonds is 9. The molecule has 31 heavy (non-hydrogen) atoms. The fraction of sp³-hybridized carbons (Fsp3) is 0.524. The van der Waals surface area contributed by atoms with Gasteiger partial charge in [0.05, 0.1) is 6.61 Å². The highest BCUT2D eigenvalue weighted by molar-refractivity contribution is 5.68. The summed E-state index contributed by atoms with van der Waals surface area (Å²) in [5, 5.41) is 0. The van der Waals surface area contributed by atoms with E-state index in [0.717, 1.165) is 5.56 Å². The van der Waals surface area contributed by atoms with Crippen LogP contribution in [0.25, 0.3) is 0 Å². The van der Waals surface area contributed by atoms with Crippen molar-refractivity contribution in [2.75, 3.05) is 6.61 Å². The van der Waals surface area contributed by atoms with E-state index in [1.54, 1.807) is 0 Å². The molecule has 1 aliphatic heterocycles. The molecule has 0 aliphatic carbocycles. The van der Waals surface area contributed by atoms with Crippen molar-refractivity contribution in [1.82, 2.24) is 0 Å². The Bertz CT molecular complexity index is 778. The quantitative estimate of drug-likeness (QED) is 0.411. The average molecular weight is 438 g/mol. The van der Waals surface area contributed by atoms with Crippen LogP contribution in [0.3, 0.4) is 0 Å². The van der Waals surface area contributed by atoms with Crippen molar-refractivity contribution in [2.24, 2.45) is 0 Å². The summed E-state index contributed by atoms with van der Waals surface area (Å²) in [7, 11) is 0. The molecule has 1 saturated heterocycles. The van der Waals surface area contributed by atoms with Gasteiger partial charge in [-0.15, -0.1) is 0 Å². The van der Waals surface area contributed by atoms with Gasteiger partial charge in [-0.3, -0.25) is 19.2 Å². The van der Waals surface area contributed by atoms with E-state index in [4.69, 9.17) is 28.4 Å². The van der Waals surface area contributed by atoms with Crippen LogP contribution in [0.4, 0.5) is 0 Å². The summed E-state index contributed by atoms with van der Waals surface area (Å²) in [5.41, 5.74) is 0.822. The fourth-order valence-corrected chi connectivity index (χ4v) is 3.09. The van der Waals surface area contributed by atoms with Crippen LogP contribution >= 0.6 is 0 Å². The zero-order chi connectivity index (χ0) is 23.0. The maximum atomic E-state index is 11.7. The van der Waals surface area contributed by atoms with Gasteiger partial charge in [0.25, 0.3) is 0 Å². The minimum absolute atomic E-state index is 0.107. The maximum Gasteiger partial charge on any atom is 0.305 e. The Morgan fingerprint density at radius 1 is 0.871 bits per heavy atom. The molecule has 0 amide bonds. The van der Waals surface area contributed by atoms with Gasteiger partial charge in [0.1, 0.15) is 18.8 Å². The predicted molar refractivity (Wildman–Crippen MR) is 103 cm³/mol. The van der Waals surface area contributed by atoms with Gasteiger partial charge in [0.15, 0.2) is 12.2 Å². The van der Waals surface area contributed by atoms with E-state index in [2.05, 4.69) is 0 Å². The molecule has 0 spiro atoms. The molecule has 1 aliphatic rings. The van der Waals surface area contributed by atoms with Crippen molar-refractivity contribution < 1.29 is 47.6 Å². The predicted octanol–water partition coefficient (Wildman–Crippen LogP) is 1.29. The third kappa shape index (κ3) is 7.65. The van der Waals surface area contributed by atoms with Gasteiger partial charge >= 0.3 is 23.9 Å². The lowest BCUT2D eigenvalue weighted by molar-refractivity contribution is -0.203. The Balaban J connectivity index is 2.33. The van der Waals surface area contributed by atoms with Crippen molar-refractivity contribution in [1.29, 1.82) is 0 Å². The molecule has 5 atom stereocenters. The summed E-state index contributed by atoms with van der Waals surface area (Å²) < 4.78 is 32.5. The molecule has 1 fully saturated rings. The zero-order valence-electron chi connectivity index (χ0n) is 17.8. The Morgan fingerprint density at radius 2 is 1.52 bits per heavy atom. The van der Waals surface area contributed by atoms with Gasteiger partial charge in [-0.2, -0.15) is 0 Å². The number of benzene rings is 1. The third-order valence-electron chi connectivity index (χ3n) is 4.21. The number of ether oxygens (including phenoxy) is 6. The first-order chi connectivity index (χ1) is 14.7.